The Labute approximate surface area is 126 Å². The maximum Gasteiger partial charge on any atom is 0.371 e. The average molecular weight is 291 g/mol. The number of carbonyl (C=O) groups is 1. The van der Waals surface area contributed by atoms with Crippen molar-refractivity contribution in [1.82, 2.24) is 0 Å². The summed E-state index contributed by atoms with van der Waals surface area (Å²) in [4.78, 5) is 21.9. The second kappa shape index (κ2) is 6.48. The van der Waals surface area contributed by atoms with E-state index in [1.807, 2.05) is 12.1 Å². The zero-order valence-corrected chi connectivity index (χ0v) is 13.3. The van der Waals surface area contributed by atoms with E-state index in [9.17, 15) is 4.79 Å². The van der Waals surface area contributed by atoms with Crippen molar-refractivity contribution >= 4 is 5.97 Å². The molecule has 1 saturated carbocycles. The summed E-state index contributed by atoms with van der Waals surface area (Å²) in [6.45, 7) is 7.98. The molecule has 1 aliphatic rings. The van der Waals surface area contributed by atoms with Crippen molar-refractivity contribution in [3.8, 4) is 5.75 Å². The van der Waals surface area contributed by atoms with Gasteiger partial charge in [-0.3, -0.25) is 4.89 Å². The van der Waals surface area contributed by atoms with Crippen molar-refractivity contribution in [2.45, 2.75) is 58.4 Å². The zero-order chi connectivity index (χ0) is 15.6. The van der Waals surface area contributed by atoms with Gasteiger partial charge in [0.1, 0.15) is 6.04 Å². The highest BCUT2D eigenvalue weighted by Crippen LogP contribution is 2.46. The molecule has 2 rings (SSSR count). The lowest BCUT2D eigenvalue weighted by Gasteiger charge is -2.20. The molecule has 0 heterocycles. The highest BCUT2D eigenvalue weighted by molar-refractivity contribution is 5.74. The van der Waals surface area contributed by atoms with E-state index in [0.717, 1.165) is 11.1 Å². The van der Waals surface area contributed by atoms with Crippen LogP contribution in [0.5, 0.6) is 5.75 Å². The van der Waals surface area contributed by atoms with Crippen LogP contribution in [0.4, 0.5) is 0 Å². The van der Waals surface area contributed by atoms with E-state index in [-0.39, 0.29) is 0 Å². The maximum atomic E-state index is 11.6. The quantitative estimate of drug-likeness (QED) is 0.643. The van der Waals surface area contributed by atoms with Gasteiger partial charge in [0.25, 0.3) is 0 Å². The smallest absolute Gasteiger partial charge is 0.319 e. The van der Waals surface area contributed by atoms with E-state index in [4.69, 9.17) is 15.5 Å². The van der Waals surface area contributed by atoms with Crippen LogP contribution in [-0.2, 0) is 9.68 Å². The number of para-hydroxylation sites is 1. The zero-order valence-electron chi connectivity index (χ0n) is 13.3. The van der Waals surface area contributed by atoms with Crippen LogP contribution in [0, 0.1) is 5.92 Å². The molecular formula is C17H25NO3. The number of hydrogen-bond donors (Lipinski definition) is 1. The minimum absolute atomic E-state index is 0.292. The topological polar surface area (TPSA) is 61.6 Å². The van der Waals surface area contributed by atoms with E-state index in [1.54, 1.807) is 6.92 Å². The number of carbonyl (C=O) groups excluding carboxylic acids is 1. The van der Waals surface area contributed by atoms with Gasteiger partial charge >= 0.3 is 5.97 Å². The van der Waals surface area contributed by atoms with E-state index in [2.05, 4.69) is 26.8 Å². The summed E-state index contributed by atoms with van der Waals surface area (Å²) in [7, 11) is 0. The van der Waals surface area contributed by atoms with Crippen LogP contribution in [0.1, 0.15) is 63.5 Å². The van der Waals surface area contributed by atoms with Gasteiger partial charge in [-0.15, -0.1) is 0 Å². The van der Waals surface area contributed by atoms with Crippen molar-refractivity contribution in [2.75, 3.05) is 0 Å². The third kappa shape index (κ3) is 3.76. The van der Waals surface area contributed by atoms with E-state index in [1.165, 1.54) is 12.8 Å². The number of benzene rings is 1. The van der Waals surface area contributed by atoms with E-state index < -0.39 is 12.0 Å². The van der Waals surface area contributed by atoms with Crippen molar-refractivity contribution < 1.29 is 14.6 Å². The monoisotopic (exact) mass is 291 g/mol. The molecular weight excluding hydrogens is 266 g/mol. The fourth-order valence-corrected chi connectivity index (χ4v) is 2.49. The van der Waals surface area contributed by atoms with Crippen LogP contribution < -0.4 is 10.6 Å². The summed E-state index contributed by atoms with van der Waals surface area (Å²) in [5, 5.41) is 0. The lowest BCUT2D eigenvalue weighted by atomic mass is 9.90. The highest BCUT2D eigenvalue weighted by Gasteiger charge is 2.32. The normalized spacial score (nSPS) is 17.4. The fourth-order valence-electron chi connectivity index (χ4n) is 2.49. The Bertz CT molecular complexity index is 507. The molecule has 2 atom stereocenters. The molecule has 0 aliphatic heterocycles. The molecule has 21 heavy (non-hydrogen) atoms. The van der Waals surface area contributed by atoms with Gasteiger partial charge in [0, 0.05) is 11.1 Å². The first-order valence-corrected chi connectivity index (χ1v) is 7.68. The molecule has 2 N–H and O–H groups in total. The van der Waals surface area contributed by atoms with Gasteiger partial charge in [0.05, 0.1) is 0 Å². The van der Waals surface area contributed by atoms with Crippen LogP contribution >= 0.6 is 0 Å². The van der Waals surface area contributed by atoms with Crippen LogP contribution in [0.25, 0.3) is 0 Å². The molecule has 1 fully saturated rings. The van der Waals surface area contributed by atoms with Gasteiger partial charge in [-0.2, -0.15) is 0 Å². The summed E-state index contributed by atoms with van der Waals surface area (Å²) < 4.78 is 0. The lowest BCUT2D eigenvalue weighted by molar-refractivity contribution is -0.215. The number of nitrogens with two attached hydrogens (primary N) is 1. The molecule has 0 aromatic heterocycles. The van der Waals surface area contributed by atoms with Gasteiger partial charge in [0.2, 0.25) is 0 Å². The molecule has 0 saturated heterocycles. The van der Waals surface area contributed by atoms with Gasteiger partial charge in [-0.1, -0.05) is 39.0 Å². The minimum Gasteiger partial charge on any atom is -0.319 e. The Morgan fingerprint density at radius 3 is 2.33 bits per heavy atom. The largest absolute Gasteiger partial charge is 0.371 e. The first-order chi connectivity index (χ1) is 9.91. The summed E-state index contributed by atoms with van der Waals surface area (Å²) in [5.74, 6) is 1.53. The van der Waals surface area contributed by atoms with Crippen molar-refractivity contribution in [3.63, 3.8) is 0 Å². The molecule has 0 spiro atoms. The van der Waals surface area contributed by atoms with Crippen LogP contribution in [0.2, 0.25) is 0 Å². The van der Waals surface area contributed by atoms with Gasteiger partial charge in [0.15, 0.2) is 5.75 Å². The standard InChI is InChI=1S/C17H25NO3/c1-10(2)14-6-5-7-15(11(3)13-8-9-13)16(14)20-21-17(19)12(4)18/h5-7,10-13H,8-9,18H2,1-4H3/t11-,12?/m1/s1. The van der Waals surface area contributed by atoms with Crippen molar-refractivity contribution in [3.05, 3.63) is 29.3 Å². The molecule has 0 amide bonds. The Balaban J connectivity index is 2.27. The van der Waals surface area contributed by atoms with Gasteiger partial charge in [-0.25, -0.2) is 9.68 Å². The Hall–Kier alpha value is -1.55. The maximum absolute atomic E-state index is 11.6. The molecule has 4 nitrogen and oxygen atoms in total. The Kier molecular flexibility index (Phi) is 4.88. The Morgan fingerprint density at radius 1 is 1.19 bits per heavy atom. The number of hydrogen-bond acceptors (Lipinski definition) is 4. The van der Waals surface area contributed by atoms with Crippen molar-refractivity contribution in [2.24, 2.45) is 11.7 Å². The molecule has 1 aromatic carbocycles. The number of rotatable bonds is 6. The van der Waals surface area contributed by atoms with Crippen LogP contribution in [0.15, 0.2) is 18.2 Å². The summed E-state index contributed by atoms with van der Waals surface area (Å²) in [6, 6.07) is 5.43. The first kappa shape index (κ1) is 15.8. The van der Waals surface area contributed by atoms with Gasteiger partial charge in [-0.05, 0) is 37.5 Å². The molecule has 116 valence electrons. The minimum atomic E-state index is -0.694. The SMILES string of the molecule is CC(N)C(=O)OOc1c(C(C)C)cccc1[C@H](C)C1CC1. The fraction of sp³-hybridized carbons (Fsp3) is 0.588. The molecule has 0 radical (unpaired) electrons. The summed E-state index contributed by atoms with van der Waals surface area (Å²) in [6.07, 6.45) is 2.51. The van der Waals surface area contributed by atoms with E-state index >= 15 is 0 Å². The molecule has 0 bridgehead atoms. The van der Waals surface area contributed by atoms with Gasteiger partial charge < -0.3 is 5.73 Å². The molecule has 1 aromatic rings. The Morgan fingerprint density at radius 2 is 1.81 bits per heavy atom. The second-order valence-corrected chi connectivity index (χ2v) is 6.32. The predicted molar refractivity (Wildman–Crippen MR) is 82.0 cm³/mol. The first-order valence-electron chi connectivity index (χ1n) is 7.68. The van der Waals surface area contributed by atoms with Crippen LogP contribution in [0.3, 0.4) is 0 Å². The molecule has 1 aliphatic carbocycles. The highest BCUT2D eigenvalue weighted by atomic mass is 17.2. The predicted octanol–water partition coefficient (Wildman–Crippen LogP) is 3.51. The van der Waals surface area contributed by atoms with E-state index in [0.29, 0.717) is 23.5 Å². The van der Waals surface area contributed by atoms with Crippen molar-refractivity contribution in [1.29, 1.82) is 0 Å². The van der Waals surface area contributed by atoms with Crippen LogP contribution in [-0.4, -0.2) is 12.0 Å². The molecule has 4 heteroatoms. The molecule has 1 unspecified atom stereocenters. The summed E-state index contributed by atoms with van der Waals surface area (Å²) >= 11 is 0. The third-order valence-electron chi connectivity index (χ3n) is 4.10. The average Bonchev–Trinajstić information content (AvgIpc) is 3.27. The second-order valence-electron chi connectivity index (χ2n) is 6.32. The summed E-state index contributed by atoms with van der Waals surface area (Å²) in [5.41, 5.74) is 7.66. The third-order valence-corrected chi connectivity index (χ3v) is 4.10. The lowest BCUT2D eigenvalue weighted by Crippen LogP contribution is -2.30.